The molecule has 1 aromatic heterocycles. The normalized spacial score (nSPS) is 14.8. The third-order valence-electron chi connectivity index (χ3n) is 4.04. The molecular formula is C17H19ClN4OS. The Balaban J connectivity index is 1.55. The molecule has 2 heterocycles. The molecule has 0 N–H and O–H groups in total. The smallest absolute Gasteiger partial charge is 0.227 e. The van der Waals surface area contributed by atoms with Crippen molar-refractivity contribution in [2.75, 3.05) is 37.3 Å². The van der Waals surface area contributed by atoms with E-state index in [0.29, 0.717) is 24.5 Å². The second kappa shape index (κ2) is 7.85. The summed E-state index contributed by atoms with van der Waals surface area (Å²) in [6.07, 6.45) is 2.37. The molecule has 1 aromatic carbocycles. The van der Waals surface area contributed by atoms with E-state index in [2.05, 4.69) is 15.1 Å². The molecule has 0 atom stereocenters. The number of rotatable bonds is 4. The highest BCUT2D eigenvalue weighted by Gasteiger charge is 2.22. The second-order valence-electron chi connectivity index (χ2n) is 5.61. The van der Waals surface area contributed by atoms with E-state index in [-0.39, 0.29) is 5.91 Å². The minimum atomic E-state index is 0.140. The summed E-state index contributed by atoms with van der Waals surface area (Å²) in [7, 11) is 0. The number of aromatic nitrogens is 2. The lowest BCUT2D eigenvalue weighted by molar-refractivity contribution is -0.130. The Hall–Kier alpha value is -1.79. The van der Waals surface area contributed by atoms with Crippen molar-refractivity contribution in [3.05, 3.63) is 47.0 Å². The lowest BCUT2D eigenvalue weighted by Crippen LogP contribution is -2.49. The van der Waals surface area contributed by atoms with E-state index in [4.69, 9.17) is 11.6 Å². The average molecular weight is 363 g/mol. The molecule has 0 saturated carbocycles. The zero-order valence-electron chi connectivity index (χ0n) is 13.5. The van der Waals surface area contributed by atoms with E-state index < -0.39 is 0 Å². The first-order valence-electron chi connectivity index (χ1n) is 7.80. The number of hydrogen-bond acceptors (Lipinski definition) is 5. The number of amides is 1. The third kappa shape index (κ3) is 4.19. The lowest BCUT2D eigenvalue weighted by atomic mass is 10.1. The molecule has 1 aliphatic rings. The van der Waals surface area contributed by atoms with Crippen molar-refractivity contribution in [1.82, 2.24) is 15.1 Å². The van der Waals surface area contributed by atoms with Crippen LogP contribution in [0.15, 0.2) is 41.4 Å². The highest BCUT2D eigenvalue weighted by molar-refractivity contribution is 7.98. The number of carbonyl (C=O) groups is 1. The number of piperazine rings is 1. The Labute approximate surface area is 151 Å². The summed E-state index contributed by atoms with van der Waals surface area (Å²) in [6.45, 7) is 2.94. The fraction of sp³-hybridized carbons (Fsp3) is 0.353. The molecule has 1 aliphatic heterocycles. The van der Waals surface area contributed by atoms with Crippen LogP contribution in [0.2, 0.25) is 5.02 Å². The maximum absolute atomic E-state index is 12.4. The molecule has 0 spiro atoms. The van der Waals surface area contributed by atoms with Crippen molar-refractivity contribution in [2.24, 2.45) is 0 Å². The molecule has 5 nitrogen and oxygen atoms in total. The van der Waals surface area contributed by atoms with E-state index in [0.717, 1.165) is 29.5 Å². The first-order chi connectivity index (χ1) is 11.7. The van der Waals surface area contributed by atoms with Gasteiger partial charge in [-0.1, -0.05) is 23.7 Å². The molecule has 24 heavy (non-hydrogen) atoms. The van der Waals surface area contributed by atoms with Gasteiger partial charge in [-0.05, 0) is 36.1 Å². The summed E-state index contributed by atoms with van der Waals surface area (Å²) < 4.78 is 0. The summed E-state index contributed by atoms with van der Waals surface area (Å²) in [5.41, 5.74) is 0.952. The summed E-state index contributed by atoms with van der Waals surface area (Å²) in [4.78, 5) is 16.5. The lowest BCUT2D eigenvalue weighted by Gasteiger charge is -2.35. The Bertz CT molecular complexity index is 702. The van der Waals surface area contributed by atoms with Crippen LogP contribution < -0.4 is 4.90 Å². The fourth-order valence-corrected chi connectivity index (χ4v) is 3.25. The molecule has 126 valence electrons. The molecule has 2 aromatic rings. The van der Waals surface area contributed by atoms with Crippen molar-refractivity contribution in [3.63, 3.8) is 0 Å². The maximum Gasteiger partial charge on any atom is 0.227 e. The van der Waals surface area contributed by atoms with E-state index in [1.165, 1.54) is 0 Å². The molecule has 7 heteroatoms. The Morgan fingerprint density at radius 3 is 2.58 bits per heavy atom. The Morgan fingerprint density at radius 2 is 1.96 bits per heavy atom. The van der Waals surface area contributed by atoms with Crippen LogP contribution in [0.4, 0.5) is 5.82 Å². The van der Waals surface area contributed by atoms with Gasteiger partial charge in [-0.2, -0.15) is 0 Å². The minimum absolute atomic E-state index is 0.140. The molecule has 3 rings (SSSR count). The average Bonchev–Trinajstić information content (AvgIpc) is 2.62. The van der Waals surface area contributed by atoms with Crippen LogP contribution in [0.3, 0.4) is 0 Å². The second-order valence-corrected chi connectivity index (χ2v) is 6.87. The number of hydrogen-bond donors (Lipinski definition) is 0. The van der Waals surface area contributed by atoms with Crippen molar-refractivity contribution >= 4 is 35.1 Å². The van der Waals surface area contributed by atoms with Gasteiger partial charge in [-0.25, -0.2) is 0 Å². The highest BCUT2D eigenvalue weighted by atomic mass is 35.5. The van der Waals surface area contributed by atoms with Crippen molar-refractivity contribution < 1.29 is 4.79 Å². The highest BCUT2D eigenvalue weighted by Crippen LogP contribution is 2.17. The van der Waals surface area contributed by atoms with Crippen LogP contribution in [0, 0.1) is 0 Å². The molecule has 1 fully saturated rings. The van der Waals surface area contributed by atoms with Gasteiger partial charge in [0.2, 0.25) is 5.91 Å². The maximum atomic E-state index is 12.4. The Morgan fingerprint density at radius 1 is 1.17 bits per heavy atom. The van der Waals surface area contributed by atoms with Crippen molar-refractivity contribution in [1.29, 1.82) is 0 Å². The van der Waals surface area contributed by atoms with Gasteiger partial charge in [-0.15, -0.1) is 22.0 Å². The fourth-order valence-electron chi connectivity index (χ4n) is 2.71. The van der Waals surface area contributed by atoms with Gasteiger partial charge in [-0.3, -0.25) is 4.79 Å². The molecule has 0 aliphatic carbocycles. The van der Waals surface area contributed by atoms with Crippen LogP contribution in [0.25, 0.3) is 0 Å². The SMILES string of the molecule is CSc1ccc(N2CCN(C(=O)Cc3cccc(Cl)c3)CC2)nn1. The number of thioether (sulfide) groups is 1. The summed E-state index contributed by atoms with van der Waals surface area (Å²) in [5, 5.41) is 10.0. The number of anilines is 1. The van der Waals surface area contributed by atoms with Crippen molar-refractivity contribution in [2.45, 2.75) is 11.4 Å². The summed E-state index contributed by atoms with van der Waals surface area (Å²) in [5.74, 6) is 1.01. The van der Waals surface area contributed by atoms with E-state index in [1.807, 2.05) is 47.6 Å². The van der Waals surface area contributed by atoms with Gasteiger partial charge < -0.3 is 9.80 Å². The molecule has 1 saturated heterocycles. The van der Waals surface area contributed by atoms with Gasteiger partial charge in [0.1, 0.15) is 5.03 Å². The number of carbonyl (C=O) groups excluding carboxylic acids is 1. The first kappa shape index (κ1) is 17.0. The predicted octanol–water partition coefficient (Wildman–Crippen LogP) is 2.74. The van der Waals surface area contributed by atoms with Gasteiger partial charge in [0.15, 0.2) is 5.82 Å². The minimum Gasteiger partial charge on any atom is -0.352 e. The van der Waals surface area contributed by atoms with E-state index in [1.54, 1.807) is 11.8 Å². The monoisotopic (exact) mass is 362 g/mol. The number of benzene rings is 1. The van der Waals surface area contributed by atoms with E-state index >= 15 is 0 Å². The quantitative estimate of drug-likeness (QED) is 0.783. The first-order valence-corrected chi connectivity index (χ1v) is 9.41. The van der Waals surface area contributed by atoms with Crippen LogP contribution in [0.1, 0.15) is 5.56 Å². The third-order valence-corrected chi connectivity index (χ3v) is 4.91. The zero-order chi connectivity index (χ0) is 16.9. The summed E-state index contributed by atoms with van der Waals surface area (Å²) in [6, 6.07) is 11.4. The van der Waals surface area contributed by atoms with Gasteiger partial charge in [0.05, 0.1) is 6.42 Å². The molecular weight excluding hydrogens is 344 g/mol. The molecule has 1 amide bonds. The van der Waals surface area contributed by atoms with E-state index in [9.17, 15) is 4.79 Å². The number of halogens is 1. The molecule has 0 radical (unpaired) electrons. The zero-order valence-corrected chi connectivity index (χ0v) is 15.1. The van der Waals surface area contributed by atoms with Gasteiger partial charge in [0.25, 0.3) is 0 Å². The van der Waals surface area contributed by atoms with Crippen LogP contribution in [-0.4, -0.2) is 53.4 Å². The molecule has 0 unspecified atom stereocenters. The predicted molar refractivity (Wildman–Crippen MR) is 97.8 cm³/mol. The van der Waals surface area contributed by atoms with Gasteiger partial charge >= 0.3 is 0 Å². The topological polar surface area (TPSA) is 49.3 Å². The summed E-state index contributed by atoms with van der Waals surface area (Å²) >= 11 is 7.55. The number of nitrogens with zero attached hydrogens (tertiary/aromatic N) is 4. The van der Waals surface area contributed by atoms with Crippen LogP contribution >= 0.6 is 23.4 Å². The van der Waals surface area contributed by atoms with Gasteiger partial charge in [0, 0.05) is 31.2 Å². The van der Waals surface area contributed by atoms with Crippen LogP contribution in [0.5, 0.6) is 0 Å². The van der Waals surface area contributed by atoms with Crippen molar-refractivity contribution in [3.8, 4) is 0 Å². The Kier molecular flexibility index (Phi) is 5.58. The standard InChI is InChI=1S/C17H19ClN4OS/c1-24-16-6-5-15(19-20-16)21-7-9-22(10-8-21)17(23)12-13-3-2-4-14(18)11-13/h2-6,11H,7-10,12H2,1H3. The van der Waals surface area contributed by atoms with Crippen LogP contribution in [-0.2, 0) is 11.2 Å². The molecule has 0 bridgehead atoms. The largest absolute Gasteiger partial charge is 0.352 e.